The number of fused-ring (bicyclic) bond motifs is 1. The minimum absolute atomic E-state index is 0.239. The molecule has 0 unspecified atom stereocenters. The first-order valence-electron chi connectivity index (χ1n) is 4.32. The minimum atomic E-state index is -0.962. The summed E-state index contributed by atoms with van der Waals surface area (Å²) in [4.78, 5) is 15.0. The summed E-state index contributed by atoms with van der Waals surface area (Å²) in [6, 6.07) is 8.25. The average Bonchev–Trinajstić information content (AvgIpc) is 2.27. The fourth-order valence-corrected chi connectivity index (χ4v) is 1.42. The number of carbonyl (C=O) groups is 1. The van der Waals surface area contributed by atoms with Crippen LogP contribution >= 0.6 is 0 Å². The third-order valence-corrected chi connectivity index (χ3v) is 2.11. The number of carboxylic acids is 1. The van der Waals surface area contributed by atoms with E-state index in [1.807, 2.05) is 0 Å². The van der Waals surface area contributed by atoms with Crippen LogP contribution in [0.3, 0.4) is 0 Å². The van der Waals surface area contributed by atoms with Gasteiger partial charge in [0.05, 0.1) is 11.1 Å². The van der Waals surface area contributed by atoms with Crippen molar-refractivity contribution in [2.45, 2.75) is 0 Å². The minimum Gasteiger partial charge on any atom is -0.478 e. The van der Waals surface area contributed by atoms with E-state index < -0.39 is 5.97 Å². The van der Waals surface area contributed by atoms with Crippen LogP contribution in [0.1, 0.15) is 10.4 Å². The van der Waals surface area contributed by atoms with E-state index in [0.717, 1.165) is 0 Å². The van der Waals surface area contributed by atoms with E-state index in [-0.39, 0.29) is 5.56 Å². The first-order valence-corrected chi connectivity index (χ1v) is 4.32. The molecule has 0 aliphatic rings. The number of hydrazine groups is 1. The lowest BCUT2D eigenvalue weighted by Gasteiger charge is -2.03. The molecule has 15 heavy (non-hydrogen) atoms. The van der Waals surface area contributed by atoms with Crippen LogP contribution in [-0.2, 0) is 0 Å². The normalized spacial score (nSPS) is 10.2. The van der Waals surface area contributed by atoms with Crippen molar-refractivity contribution in [3.05, 3.63) is 35.9 Å². The van der Waals surface area contributed by atoms with Gasteiger partial charge in [0.15, 0.2) is 0 Å². The summed E-state index contributed by atoms with van der Waals surface area (Å²) < 4.78 is 0. The number of benzene rings is 1. The summed E-state index contributed by atoms with van der Waals surface area (Å²) in [5.74, 6) is 4.75. The Morgan fingerprint density at radius 3 is 2.80 bits per heavy atom. The van der Waals surface area contributed by atoms with Gasteiger partial charge in [-0.3, -0.25) is 0 Å². The molecule has 0 spiro atoms. The third kappa shape index (κ3) is 1.60. The van der Waals surface area contributed by atoms with Gasteiger partial charge >= 0.3 is 5.97 Å². The van der Waals surface area contributed by atoms with Gasteiger partial charge in [0.1, 0.15) is 5.82 Å². The van der Waals surface area contributed by atoms with Crippen LogP contribution in [0, 0.1) is 0 Å². The first-order chi connectivity index (χ1) is 7.22. The Hall–Kier alpha value is -2.14. The number of pyridine rings is 1. The molecule has 1 heterocycles. The zero-order valence-electron chi connectivity index (χ0n) is 7.77. The summed E-state index contributed by atoms with van der Waals surface area (Å²) in [5, 5.41) is 9.54. The second kappa shape index (κ2) is 3.55. The molecule has 0 amide bonds. The zero-order chi connectivity index (χ0) is 10.8. The largest absolute Gasteiger partial charge is 0.478 e. The standard InChI is InChI=1S/C10H9N3O2/c11-13-9-5-4-6-7(10(14)15)2-1-3-8(6)12-9/h1-5H,11H2,(H,12,13)(H,14,15). The lowest BCUT2D eigenvalue weighted by Crippen LogP contribution is -2.08. The molecule has 0 aliphatic heterocycles. The summed E-state index contributed by atoms with van der Waals surface area (Å²) in [5.41, 5.74) is 3.25. The van der Waals surface area contributed by atoms with Crippen LogP contribution in [0.4, 0.5) is 5.82 Å². The molecule has 1 aromatic carbocycles. The molecule has 4 N–H and O–H groups in total. The molecule has 76 valence electrons. The van der Waals surface area contributed by atoms with E-state index >= 15 is 0 Å². The van der Waals surface area contributed by atoms with Crippen molar-refractivity contribution in [1.29, 1.82) is 0 Å². The fraction of sp³-hybridized carbons (Fsp3) is 0. The lowest BCUT2D eigenvalue weighted by molar-refractivity contribution is 0.0699. The van der Waals surface area contributed by atoms with E-state index in [1.54, 1.807) is 30.3 Å². The van der Waals surface area contributed by atoms with Gasteiger partial charge in [-0.15, -0.1) is 0 Å². The number of nitrogens with zero attached hydrogens (tertiary/aromatic N) is 1. The maximum atomic E-state index is 10.9. The van der Waals surface area contributed by atoms with Gasteiger partial charge in [0, 0.05) is 5.39 Å². The van der Waals surface area contributed by atoms with Crippen molar-refractivity contribution in [3.8, 4) is 0 Å². The molecular formula is C10H9N3O2. The van der Waals surface area contributed by atoms with Crippen molar-refractivity contribution in [2.75, 3.05) is 5.43 Å². The van der Waals surface area contributed by atoms with E-state index in [2.05, 4.69) is 10.4 Å². The van der Waals surface area contributed by atoms with Gasteiger partial charge in [-0.1, -0.05) is 6.07 Å². The molecule has 0 saturated carbocycles. The number of hydrogen-bond acceptors (Lipinski definition) is 4. The summed E-state index contributed by atoms with van der Waals surface area (Å²) in [7, 11) is 0. The van der Waals surface area contributed by atoms with Crippen molar-refractivity contribution < 1.29 is 9.90 Å². The monoisotopic (exact) mass is 203 g/mol. The zero-order valence-corrected chi connectivity index (χ0v) is 7.77. The topological polar surface area (TPSA) is 88.2 Å². The SMILES string of the molecule is NNc1ccc2c(C(=O)O)cccc2n1. The Kier molecular flexibility index (Phi) is 2.23. The van der Waals surface area contributed by atoms with E-state index in [0.29, 0.717) is 16.7 Å². The van der Waals surface area contributed by atoms with E-state index in [9.17, 15) is 4.79 Å². The number of nitrogen functional groups attached to an aromatic ring is 1. The molecule has 0 atom stereocenters. The van der Waals surface area contributed by atoms with Crippen LogP contribution in [0.5, 0.6) is 0 Å². The number of aromatic carboxylic acids is 1. The summed E-state index contributed by atoms with van der Waals surface area (Å²) in [6.07, 6.45) is 0. The quantitative estimate of drug-likeness (QED) is 0.504. The van der Waals surface area contributed by atoms with Crippen LogP contribution in [0.15, 0.2) is 30.3 Å². The van der Waals surface area contributed by atoms with Gasteiger partial charge in [0.25, 0.3) is 0 Å². The highest BCUT2D eigenvalue weighted by atomic mass is 16.4. The van der Waals surface area contributed by atoms with Gasteiger partial charge in [-0.25, -0.2) is 15.6 Å². The molecule has 0 fully saturated rings. The molecule has 5 nitrogen and oxygen atoms in total. The lowest BCUT2D eigenvalue weighted by atomic mass is 10.1. The maximum Gasteiger partial charge on any atom is 0.336 e. The van der Waals surface area contributed by atoms with Gasteiger partial charge < -0.3 is 10.5 Å². The number of hydrogen-bond donors (Lipinski definition) is 3. The number of nitrogens with two attached hydrogens (primary N) is 1. The summed E-state index contributed by atoms with van der Waals surface area (Å²) >= 11 is 0. The third-order valence-electron chi connectivity index (χ3n) is 2.11. The molecule has 0 aliphatic carbocycles. The number of anilines is 1. The highest BCUT2D eigenvalue weighted by Gasteiger charge is 2.08. The summed E-state index contributed by atoms with van der Waals surface area (Å²) in [6.45, 7) is 0. The molecule has 0 radical (unpaired) electrons. The number of nitrogens with one attached hydrogen (secondary N) is 1. The Morgan fingerprint density at radius 2 is 2.13 bits per heavy atom. The Labute approximate surface area is 85.5 Å². The molecule has 2 aromatic rings. The van der Waals surface area contributed by atoms with Crippen molar-refractivity contribution >= 4 is 22.7 Å². The molecule has 5 heteroatoms. The highest BCUT2D eigenvalue weighted by molar-refractivity contribution is 6.02. The molecular weight excluding hydrogens is 194 g/mol. The van der Waals surface area contributed by atoms with Crippen molar-refractivity contribution in [2.24, 2.45) is 5.84 Å². The fourth-order valence-electron chi connectivity index (χ4n) is 1.42. The number of rotatable bonds is 2. The smallest absolute Gasteiger partial charge is 0.336 e. The van der Waals surface area contributed by atoms with E-state index in [4.69, 9.17) is 10.9 Å². The van der Waals surface area contributed by atoms with Crippen molar-refractivity contribution in [1.82, 2.24) is 4.98 Å². The molecule has 0 bridgehead atoms. The number of aromatic nitrogens is 1. The van der Waals surface area contributed by atoms with Crippen LogP contribution in [-0.4, -0.2) is 16.1 Å². The Balaban J connectivity index is 2.72. The predicted molar refractivity (Wildman–Crippen MR) is 56.5 cm³/mol. The van der Waals surface area contributed by atoms with Crippen LogP contribution < -0.4 is 11.3 Å². The van der Waals surface area contributed by atoms with E-state index in [1.165, 1.54) is 0 Å². The average molecular weight is 203 g/mol. The van der Waals surface area contributed by atoms with Crippen LogP contribution in [0.2, 0.25) is 0 Å². The predicted octanol–water partition coefficient (Wildman–Crippen LogP) is 1.22. The Morgan fingerprint density at radius 1 is 1.33 bits per heavy atom. The van der Waals surface area contributed by atoms with Gasteiger partial charge in [-0.2, -0.15) is 0 Å². The Bertz CT molecular complexity index is 525. The van der Waals surface area contributed by atoms with Gasteiger partial charge in [-0.05, 0) is 24.3 Å². The molecule has 2 rings (SSSR count). The molecule has 0 saturated heterocycles. The molecule has 1 aromatic heterocycles. The second-order valence-electron chi connectivity index (χ2n) is 3.02. The van der Waals surface area contributed by atoms with Crippen LogP contribution in [0.25, 0.3) is 10.9 Å². The van der Waals surface area contributed by atoms with Gasteiger partial charge in [0.2, 0.25) is 0 Å². The van der Waals surface area contributed by atoms with Crippen molar-refractivity contribution in [3.63, 3.8) is 0 Å². The second-order valence-corrected chi connectivity index (χ2v) is 3.02. The first kappa shape index (κ1) is 9.42. The number of carboxylic acid groups (broad SMARTS) is 1. The maximum absolute atomic E-state index is 10.9. The highest BCUT2D eigenvalue weighted by Crippen LogP contribution is 2.18.